The van der Waals surface area contributed by atoms with Crippen molar-refractivity contribution in [2.75, 3.05) is 13.1 Å². The second-order valence-electron chi connectivity index (χ2n) is 7.27. The first-order valence-electron chi connectivity index (χ1n) is 9.85. The van der Waals surface area contributed by atoms with Crippen LogP contribution in [0, 0.1) is 6.92 Å². The Bertz CT molecular complexity index is 1060. The molecule has 3 aromatic rings. The standard InChI is InChI=1S/C22H23N5O3/c1-15-19(13-25-27(15)16-6-3-2-4-7-16)22(29)26-11-5-8-18(14-26)30-17-9-10-24-20(12-17)21(23)28/h2-4,6-7,9-10,12-13,18H,5,8,11,14H2,1H3,(H2,23,28). The molecule has 0 radical (unpaired) electrons. The van der Waals surface area contributed by atoms with Crippen molar-refractivity contribution in [1.82, 2.24) is 19.7 Å². The number of hydrogen-bond donors (Lipinski definition) is 1. The normalized spacial score (nSPS) is 16.3. The van der Waals surface area contributed by atoms with Crippen LogP contribution in [0.15, 0.2) is 54.9 Å². The van der Waals surface area contributed by atoms with Crippen LogP contribution in [-0.2, 0) is 0 Å². The van der Waals surface area contributed by atoms with Gasteiger partial charge in [0, 0.05) is 18.8 Å². The van der Waals surface area contributed by atoms with Crippen LogP contribution in [0.25, 0.3) is 5.69 Å². The summed E-state index contributed by atoms with van der Waals surface area (Å²) in [6.07, 6.45) is 4.59. The number of nitrogens with two attached hydrogens (primary N) is 1. The molecule has 3 heterocycles. The summed E-state index contributed by atoms with van der Waals surface area (Å²) in [4.78, 5) is 30.2. The van der Waals surface area contributed by atoms with Crippen molar-refractivity contribution in [3.05, 3.63) is 71.8 Å². The SMILES string of the molecule is Cc1c(C(=O)N2CCCC(Oc3ccnc(C(N)=O)c3)C2)cnn1-c1ccccc1. The van der Waals surface area contributed by atoms with Gasteiger partial charge >= 0.3 is 0 Å². The minimum Gasteiger partial charge on any atom is -0.488 e. The Labute approximate surface area is 174 Å². The van der Waals surface area contributed by atoms with Gasteiger partial charge in [-0.15, -0.1) is 0 Å². The first-order chi connectivity index (χ1) is 14.5. The van der Waals surface area contributed by atoms with Crippen molar-refractivity contribution in [1.29, 1.82) is 0 Å². The average Bonchev–Trinajstić information content (AvgIpc) is 3.15. The molecule has 1 aliphatic heterocycles. The average molecular weight is 405 g/mol. The first-order valence-corrected chi connectivity index (χ1v) is 9.85. The molecule has 1 saturated heterocycles. The Morgan fingerprint density at radius 2 is 2.00 bits per heavy atom. The largest absolute Gasteiger partial charge is 0.488 e. The monoisotopic (exact) mass is 405 g/mol. The van der Waals surface area contributed by atoms with Gasteiger partial charge in [0.05, 0.1) is 29.7 Å². The van der Waals surface area contributed by atoms with Crippen LogP contribution in [0.5, 0.6) is 5.75 Å². The van der Waals surface area contributed by atoms with Gasteiger partial charge in [0.2, 0.25) is 0 Å². The number of piperidine rings is 1. The van der Waals surface area contributed by atoms with E-state index in [9.17, 15) is 9.59 Å². The number of pyridine rings is 1. The molecule has 0 aliphatic carbocycles. The van der Waals surface area contributed by atoms with Gasteiger partial charge in [0.1, 0.15) is 17.5 Å². The fraction of sp³-hybridized carbons (Fsp3) is 0.273. The number of carbonyl (C=O) groups is 2. The predicted molar refractivity (Wildman–Crippen MR) is 111 cm³/mol. The van der Waals surface area contributed by atoms with E-state index >= 15 is 0 Å². The third-order valence-corrected chi connectivity index (χ3v) is 5.19. The third-order valence-electron chi connectivity index (χ3n) is 5.19. The molecule has 8 heteroatoms. The number of likely N-dealkylation sites (tertiary alicyclic amines) is 1. The van der Waals surface area contributed by atoms with Gasteiger partial charge in [-0.05, 0) is 38.0 Å². The van der Waals surface area contributed by atoms with Crippen LogP contribution >= 0.6 is 0 Å². The maximum Gasteiger partial charge on any atom is 0.267 e. The van der Waals surface area contributed by atoms with Crippen molar-refractivity contribution >= 4 is 11.8 Å². The number of primary amides is 1. The molecule has 8 nitrogen and oxygen atoms in total. The van der Waals surface area contributed by atoms with E-state index in [1.807, 2.05) is 37.3 Å². The van der Waals surface area contributed by atoms with Gasteiger partial charge in [-0.25, -0.2) is 4.68 Å². The molecular weight excluding hydrogens is 382 g/mol. The van der Waals surface area contributed by atoms with E-state index in [0.29, 0.717) is 24.4 Å². The number of para-hydroxylation sites is 1. The number of carbonyl (C=O) groups excluding carboxylic acids is 2. The van der Waals surface area contributed by atoms with Crippen LogP contribution in [-0.4, -0.2) is 50.7 Å². The Morgan fingerprint density at radius 1 is 1.20 bits per heavy atom. The molecule has 0 bridgehead atoms. The van der Waals surface area contributed by atoms with Crippen LogP contribution in [0.2, 0.25) is 0 Å². The lowest BCUT2D eigenvalue weighted by Crippen LogP contribution is -2.44. The molecule has 0 saturated carbocycles. The zero-order valence-corrected chi connectivity index (χ0v) is 16.7. The second kappa shape index (κ2) is 8.36. The van der Waals surface area contributed by atoms with Gasteiger partial charge in [-0.1, -0.05) is 18.2 Å². The van der Waals surface area contributed by atoms with E-state index < -0.39 is 5.91 Å². The maximum atomic E-state index is 13.2. The summed E-state index contributed by atoms with van der Waals surface area (Å²) < 4.78 is 7.78. The van der Waals surface area contributed by atoms with Crippen molar-refractivity contribution in [2.24, 2.45) is 5.73 Å². The van der Waals surface area contributed by atoms with Crippen molar-refractivity contribution < 1.29 is 14.3 Å². The number of ether oxygens (including phenoxy) is 1. The first kappa shape index (κ1) is 19.6. The number of aromatic nitrogens is 3. The van der Waals surface area contributed by atoms with Crippen LogP contribution in [0.3, 0.4) is 0 Å². The zero-order chi connectivity index (χ0) is 21.1. The quantitative estimate of drug-likeness (QED) is 0.702. The van der Waals surface area contributed by atoms with Crippen molar-refractivity contribution in [3.63, 3.8) is 0 Å². The summed E-state index contributed by atoms with van der Waals surface area (Å²) >= 11 is 0. The van der Waals surface area contributed by atoms with Gasteiger partial charge < -0.3 is 15.4 Å². The lowest BCUT2D eigenvalue weighted by molar-refractivity contribution is 0.0537. The summed E-state index contributed by atoms with van der Waals surface area (Å²) in [5.41, 5.74) is 7.73. The minimum atomic E-state index is -0.605. The topological polar surface area (TPSA) is 103 Å². The molecule has 0 spiro atoms. The minimum absolute atomic E-state index is 0.0597. The van der Waals surface area contributed by atoms with E-state index in [2.05, 4.69) is 10.1 Å². The predicted octanol–water partition coefficient (Wildman–Crippen LogP) is 2.36. The molecule has 1 unspecified atom stereocenters. The zero-order valence-electron chi connectivity index (χ0n) is 16.7. The van der Waals surface area contributed by atoms with E-state index in [1.165, 1.54) is 12.3 Å². The molecule has 4 rings (SSSR count). The summed E-state index contributed by atoms with van der Waals surface area (Å²) in [6.45, 7) is 3.02. The molecule has 30 heavy (non-hydrogen) atoms. The van der Waals surface area contributed by atoms with Gasteiger partial charge in [0.15, 0.2) is 0 Å². The summed E-state index contributed by atoms with van der Waals surface area (Å²) in [7, 11) is 0. The smallest absolute Gasteiger partial charge is 0.267 e. The molecular formula is C22H23N5O3. The second-order valence-corrected chi connectivity index (χ2v) is 7.27. The van der Waals surface area contributed by atoms with Crippen LogP contribution < -0.4 is 10.5 Å². The van der Waals surface area contributed by atoms with Gasteiger partial charge in [0.25, 0.3) is 11.8 Å². The molecule has 1 aromatic carbocycles. The number of nitrogens with zero attached hydrogens (tertiary/aromatic N) is 4. The number of rotatable bonds is 5. The number of amides is 2. The lowest BCUT2D eigenvalue weighted by atomic mass is 10.1. The number of benzene rings is 1. The molecule has 1 fully saturated rings. The number of hydrogen-bond acceptors (Lipinski definition) is 5. The Kier molecular flexibility index (Phi) is 5.47. The highest BCUT2D eigenvalue weighted by molar-refractivity contribution is 5.95. The van der Waals surface area contributed by atoms with Gasteiger partial charge in [-0.2, -0.15) is 5.10 Å². The molecule has 1 atom stereocenters. The van der Waals surface area contributed by atoms with E-state index in [-0.39, 0.29) is 17.7 Å². The van der Waals surface area contributed by atoms with Crippen molar-refractivity contribution in [2.45, 2.75) is 25.9 Å². The fourth-order valence-electron chi connectivity index (χ4n) is 3.65. The van der Waals surface area contributed by atoms with Crippen molar-refractivity contribution in [3.8, 4) is 11.4 Å². The van der Waals surface area contributed by atoms with E-state index in [1.54, 1.807) is 21.8 Å². The highest BCUT2D eigenvalue weighted by Crippen LogP contribution is 2.22. The molecule has 2 aromatic heterocycles. The molecule has 2 amide bonds. The van der Waals surface area contributed by atoms with E-state index in [0.717, 1.165) is 24.2 Å². The maximum absolute atomic E-state index is 13.2. The Balaban J connectivity index is 1.47. The van der Waals surface area contributed by atoms with Crippen LogP contribution in [0.4, 0.5) is 0 Å². The van der Waals surface area contributed by atoms with Gasteiger partial charge in [-0.3, -0.25) is 14.6 Å². The molecule has 2 N–H and O–H groups in total. The molecule has 154 valence electrons. The van der Waals surface area contributed by atoms with E-state index in [4.69, 9.17) is 10.5 Å². The third kappa shape index (κ3) is 4.03. The Morgan fingerprint density at radius 3 is 2.77 bits per heavy atom. The Hall–Kier alpha value is -3.68. The summed E-state index contributed by atoms with van der Waals surface area (Å²) in [5, 5.41) is 4.40. The highest BCUT2D eigenvalue weighted by Gasteiger charge is 2.28. The lowest BCUT2D eigenvalue weighted by Gasteiger charge is -2.33. The summed E-state index contributed by atoms with van der Waals surface area (Å²) in [6, 6.07) is 12.9. The fourth-order valence-corrected chi connectivity index (χ4v) is 3.65. The van der Waals surface area contributed by atoms with Crippen LogP contribution in [0.1, 0.15) is 39.4 Å². The summed E-state index contributed by atoms with van der Waals surface area (Å²) in [5.74, 6) is -0.145. The highest BCUT2D eigenvalue weighted by atomic mass is 16.5. The molecule has 1 aliphatic rings.